The van der Waals surface area contributed by atoms with Crippen LogP contribution in [0.4, 0.5) is 10.5 Å². The molecule has 0 spiro atoms. The average Bonchev–Trinajstić information content (AvgIpc) is 2.70. The number of aromatic carboxylic acids is 1. The van der Waals surface area contributed by atoms with Gasteiger partial charge in [0.25, 0.3) is 11.5 Å². The number of benzene rings is 1. The van der Waals surface area contributed by atoms with Crippen molar-refractivity contribution in [3.8, 4) is 11.3 Å². The molecule has 0 bridgehead atoms. The molecule has 0 saturated carbocycles. The van der Waals surface area contributed by atoms with Gasteiger partial charge in [-0.15, -0.1) is 0 Å². The lowest BCUT2D eigenvalue weighted by Gasteiger charge is -2.28. The van der Waals surface area contributed by atoms with Crippen molar-refractivity contribution in [3.63, 3.8) is 0 Å². The third-order valence-corrected chi connectivity index (χ3v) is 4.39. The Hall–Kier alpha value is -3.99. The number of nitrogens with one attached hydrogen (secondary N) is 1. The highest BCUT2D eigenvalue weighted by atomic mass is 16.6. The molecule has 2 aromatic rings. The number of nitrogens with two attached hydrogens (primary N) is 2. The van der Waals surface area contributed by atoms with Crippen molar-refractivity contribution in [2.75, 3.05) is 4.90 Å². The standard InChI is InChI=1S/C22H26N4O7/c1-22(2,3)33-21(32)26(19(29)15(23)9-11-17(24)27)13-6-4-12(5-7-13)16-10-8-14(20(30)31)18(28)25-16/h4-8,10,15H,9,11,23H2,1-3H3,(H2,24,27)(H,25,28)(H,30,31)/t15-/m0/s1. The highest BCUT2D eigenvalue weighted by molar-refractivity contribution is 6.14. The van der Waals surface area contributed by atoms with Crippen LogP contribution in [0, 0.1) is 0 Å². The Balaban J connectivity index is 2.38. The van der Waals surface area contributed by atoms with Crippen LogP contribution in [0.25, 0.3) is 11.3 Å². The van der Waals surface area contributed by atoms with E-state index < -0.39 is 46.6 Å². The number of aromatic nitrogens is 1. The average molecular weight is 458 g/mol. The minimum absolute atomic E-state index is 0.0529. The van der Waals surface area contributed by atoms with E-state index in [2.05, 4.69) is 4.98 Å². The van der Waals surface area contributed by atoms with E-state index in [0.717, 1.165) is 4.90 Å². The fraction of sp³-hybridized carbons (Fsp3) is 0.318. The molecule has 0 aliphatic rings. The van der Waals surface area contributed by atoms with E-state index in [-0.39, 0.29) is 18.5 Å². The number of H-pyrrole nitrogens is 1. The van der Waals surface area contributed by atoms with E-state index in [0.29, 0.717) is 11.3 Å². The second-order valence-corrected chi connectivity index (χ2v) is 8.23. The molecule has 2 rings (SSSR count). The van der Waals surface area contributed by atoms with E-state index in [1.54, 1.807) is 20.8 Å². The third kappa shape index (κ3) is 6.74. The van der Waals surface area contributed by atoms with Gasteiger partial charge in [-0.2, -0.15) is 0 Å². The number of nitrogens with zero attached hydrogens (tertiary/aromatic N) is 1. The van der Waals surface area contributed by atoms with E-state index in [1.165, 1.54) is 36.4 Å². The smallest absolute Gasteiger partial charge is 0.421 e. The fourth-order valence-corrected chi connectivity index (χ4v) is 2.82. The quantitative estimate of drug-likeness (QED) is 0.481. The van der Waals surface area contributed by atoms with Gasteiger partial charge in [-0.25, -0.2) is 14.5 Å². The Kier molecular flexibility index (Phi) is 7.72. The van der Waals surface area contributed by atoms with Crippen LogP contribution in [-0.4, -0.2) is 45.6 Å². The van der Waals surface area contributed by atoms with Crippen molar-refractivity contribution in [1.29, 1.82) is 0 Å². The molecular weight excluding hydrogens is 432 g/mol. The number of ether oxygens (including phenoxy) is 1. The zero-order valence-electron chi connectivity index (χ0n) is 18.5. The predicted octanol–water partition coefficient (Wildman–Crippen LogP) is 1.60. The van der Waals surface area contributed by atoms with Crippen molar-refractivity contribution in [1.82, 2.24) is 4.98 Å². The molecule has 0 aliphatic heterocycles. The van der Waals surface area contributed by atoms with Gasteiger partial charge in [0.05, 0.1) is 11.7 Å². The Morgan fingerprint density at radius 1 is 1.09 bits per heavy atom. The number of carboxylic acids is 1. The summed E-state index contributed by atoms with van der Waals surface area (Å²) < 4.78 is 5.33. The van der Waals surface area contributed by atoms with Gasteiger partial charge in [0, 0.05) is 12.1 Å². The van der Waals surface area contributed by atoms with Gasteiger partial charge in [0.15, 0.2) is 0 Å². The summed E-state index contributed by atoms with van der Waals surface area (Å²) in [6, 6.07) is 7.38. The Labute approximate surface area is 189 Å². The lowest BCUT2D eigenvalue weighted by atomic mass is 10.1. The summed E-state index contributed by atoms with van der Waals surface area (Å²) >= 11 is 0. The molecule has 33 heavy (non-hydrogen) atoms. The highest BCUT2D eigenvalue weighted by Gasteiger charge is 2.32. The normalized spacial score (nSPS) is 12.0. The van der Waals surface area contributed by atoms with E-state index in [9.17, 15) is 24.0 Å². The van der Waals surface area contributed by atoms with Gasteiger partial charge in [0.1, 0.15) is 11.2 Å². The number of anilines is 1. The number of amides is 3. The molecule has 1 aromatic carbocycles. The fourth-order valence-electron chi connectivity index (χ4n) is 2.82. The number of hydrogen-bond donors (Lipinski definition) is 4. The summed E-state index contributed by atoms with van der Waals surface area (Å²) in [4.78, 5) is 62.9. The summed E-state index contributed by atoms with van der Waals surface area (Å²) in [6.45, 7) is 4.92. The van der Waals surface area contributed by atoms with Crippen LogP contribution in [0.5, 0.6) is 0 Å². The summed E-state index contributed by atoms with van der Waals surface area (Å²) in [6.07, 6.45) is -1.13. The molecular formula is C22H26N4O7. The van der Waals surface area contributed by atoms with Crippen LogP contribution < -0.4 is 21.9 Å². The topological polar surface area (TPSA) is 186 Å². The monoisotopic (exact) mass is 458 g/mol. The minimum atomic E-state index is -1.35. The SMILES string of the molecule is CC(C)(C)OC(=O)N(C(=O)[C@@H](N)CCC(N)=O)c1ccc(-c2ccc(C(=O)O)c(=O)[nH]2)cc1. The number of carbonyl (C=O) groups excluding carboxylic acids is 3. The van der Waals surface area contributed by atoms with Gasteiger partial charge in [0.2, 0.25) is 5.91 Å². The van der Waals surface area contributed by atoms with E-state index in [1.807, 2.05) is 0 Å². The van der Waals surface area contributed by atoms with Crippen molar-refractivity contribution in [2.45, 2.75) is 45.3 Å². The third-order valence-electron chi connectivity index (χ3n) is 4.39. The van der Waals surface area contributed by atoms with Crippen molar-refractivity contribution >= 4 is 29.6 Å². The molecule has 0 aliphatic carbocycles. The maximum Gasteiger partial charge on any atom is 0.421 e. The van der Waals surface area contributed by atoms with E-state index >= 15 is 0 Å². The predicted molar refractivity (Wildman–Crippen MR) is 120 cm³/mol. The molecule has 176 valence electrons. The number of hydrogen-bond acceptors (Lipinski definition) is 7. The Bertz CT molecular complexity index is 1120. The maximum absolute atomic E-state index is 12.9. The minimum Gasteiger partial charge on any atom is -0.477 e. The first-order chi connectivity index (χ1) is 15.3. The largest absolute Gasteiger partial charge is 0.477 e. The van der Waals surface area contributed by atoms with Gasteiger partial charge in [-0.1, -0.05) is 12.1 Å². The molecule has 3 amide bonds. The van der Waals surface area contributed by atoms with Crippen LogP contribution in [0.2, 0.25) is 0 Å². The van der Waals surface area contributed by atoms with Crippen LogP contribution in [-0.2, 0) is 14.3 Å². The lowest BCUT2D eigenvalue weighted by Crippen LogP contribution is -2.49. The summed E-state index contributed by atoms with van der Waals surface area (Å²) in [5.41, 5.74) is 9.93. The molecule has 0 radical (unpaired) electrons. The van der Waals surface area contributed by atoms with Crippen molar-refractivity contribution in [3.05, 3.63) is 52.3 Å². The number of rotatable bonds is 7. The van der Waals surface area contributed by atoms with Gasteiger partial charge in [-0.05, 0) is 57.0 Å². The summed E-state index contributed by atoms with van der Waals surface area (Å²) in [5, 5.41) is 8.99. The van der Waals surface area contributed by atoms with E-state index in [4.69, 9.17) is 21.3 Å². The summed E-state index contributed by atoms with van der Waals surface area (Å²) in [7, 11) is 0. The Morgan fingerprint density at radius 3 is 2.18 bits per heavy atom. The molecule has 0 saturated heterocycles. The number of pyridine rings is 1. The second-order valence-electron chi connectivity index (χ2n) is 8.23. The first kappa shape index (κ1) is 25.3. The number of aromatic amines is 1. The molecule has 1 aromatic heterocycles. The van der Waals surface area contributed by atoms with Crippen LogP contribution in [0.15, 0.2) is 41.2 Å². The zero-order chi connectivity index (χ0) is 24.9. The van der Waals surface area contributed by atoms with Gasteiger partial charge < -0.3 is 26.3 Å². The van der Waals surface area contributed by atoms with Gasteiger partial charge in [-0.3, -0.25) is 14.4 Å². The zero-order valence-corrected chi connectivity index (χ0v) is 18.5. The molecule has 11 nitrogen and oxygen atoms in total. The molecule has 6 N–H and O–H groups in total. The number of carboxylic acid groups (broad SMARTS) is 1. The number of carbonyl (C=O) groups is 4. The molecule has 1 heterocycles. The van der Waals surface area contributed by atoms with Crippen LogP contribution in [0.3, 0.4) is 0 Å². The first-order valence-electron chi connectivity index (χ1n) is 9.98. The van der Waals surface area contributed by atoms with Crippen LogP contribution >= 0.6 is 0 Å². The number of primary amides is 1. The molecule has 0 fully saturated rings. The van der Waals surface area contributed by atoms with Crippen LogP contribution in [0.1, 0.15) is 44.0 Å². The molecule has 0 unspecified atom stereocenters. The molecule has 1 atom stereocenters. The first-order valence-corrected chi connectivity index (χ1v) is 9.98. The molecule has 11 heteroatoms. The van der Waals surface area contributed by atoms with Crippen molar-refractivity contribution in [2.24, 2.45) is 11.5 Å². The highest BCUT2D eigenvalue weighted by Crippen LogP contribution is 2.24. The van der Waals surface area contributed by atoms with Crippen molar-refractivity contribution < 1.29 is 29.0 Å². The van der Waals surface area contributed by atoms with Gasteiger partial charge >= 0.3 is 12.1 Å². The number of imide groups is 1. The summed E-state index contributed by atoms with van der Waals surface area (Å²) in [5.74, 6) is -2.76. The lowest BCUT2D eigenvalue weighted by molar-refractivity contribution is -0.120. The Morgan fingerprint density at radius 2 is 1.70 bits per heavy atom. The second kappa shape index (κ2) is 10.1. The maximum atomic E-state index is 12.9.